The van der Waals surface area contributed by atoms with E-state index in [1.165, 1.54) is 21.1 Å². The largest absolute Gasteiger partial charge is 0.497 e. The summed E-state index contributed by atoms with van der Waals surface area (Å²) in [7, 11) is -2.40. The van der Waals surface area contributed by atoms with Crippen molar-refractivity contribution >= 4 is 55.9 Å². The van der Waals surface area contributed by atoms with E-state index in [9.17, 15) is 40.8 Å². The molecule has 1 aromatic carbocycles. The van der Waals surface area contributed by atoms with Gasteiger partial charge < -0.3 is 24.6 Å². The van der Waals surface area contributed by atoms with Crippen molar-refractivity contribution in [1.82, 2.24) is 29.8 Å². The number of ether oxygens (including phenoxy) is 2. The van der Waals surface area contributed by atoms with Crippen molar-refractivity contribution in [3.63, 3.8) is 0 Å². The van der Waals surface area contributed by atoms with E-state index in [1.54, 1.807) is 25.3 Å². The van der Waals surface area contributed by atoms with Crippen LogP contribution in [0.25, 0.3) is 21.6 Å². The molecule has 0 bridgehead atoms. The van der Waals surface area contributed by atoms with E-state index in [0.717, 1.165) is 12.1 Å². The zero-order chi connectivity index (χ0) is 45.6. The van der Waals surface area contributed by atoms with Crippen LogP contribution in [-0.2, 0) is 29.2 Å². The number of halogens is 3. The van der Waals surface area contributed by atoms with E-state index >= 15 is 0 Å². The highest BCUT2D eigenvalue weighted by molar-refractivity contribution is 7.91. The Labute approximate surface area is 374 Å². The van der Waals surface area contributed by atoms with Gasteiger partial charge >= 0.3 is 6.18 Å². The number of alkyl halides is 3. The van der Waals surface area contributed by atoms with Crippen LogP contribution in [-0.4, -0.2) is 108 Å². The number of methoxy groups -OCH3 is 1. The third kappa shape index (κ3) is 9.89. The van der Waals surface area contributed by atoms with Gasteiger partial charge in [-0.2, -0.15) is 13.2 Å². The number of carbonyl (C=O) groups is 4. The fourth-order valence-corrected chi connectivity index (χ4v) is 11.4. The van der Waals surface area contributed by atoms with Crippen molar-refractivity contribution in [2.24, 2.45) is 17.8 Å². The van der Waals surface area contributed by atoms with E-state index in [-0.39, 0.29) is 57.7 Å². The minimum atomic E-state index is -4.35. The molecule has 5 atom stereocenters. The van der Waals surface area contributed by atoms with Crippen molar-refractivity contribution in [1.29, 1.82) is 0 Å². The molecule has 0 unspecified atom stereocenters. The average molecular weight is 929 g/mol. The van der Waals surface area contributed by atoms with Gasteiger partial charge in [-0.15, -0.1) is 11.3 Å². The lowest BCUT2D eigenvalue weighted by Crippen LogP contribution is -2.57. The number of sulfonamides is 1. The van der Waals surface area contributed by atoms with Crippen molar-refractivity contribution in [3.8, 4) is 22.2 Å². The fourth-order valence-electron chi connectivity index (χ4n) is 9.13. The highest BCUT2D eigenvalue weighted by Crippen LogP contribution is 2.46. The number of aromatic nitrogens is 2. The number of carbonyl (C=O) groups excluding carboxylic acids is 4. The highest BCUT2D eigenvalue weighted by Gasteiger charge is 2.62. The first-order valence-electron chi connectivity index (χ1n) is 22.3. The SMILES string of the molecule is COc1ccc2c(O[C@@H]3C[C@H]4C(=O)N[C@]5(C(=O)NS(=O)(=O)C6CC6)C[C@H]5/C=C\CCCCC[C@H](CC(=O)N5CCC(C(F)(F)F)CC5)C(=O)N4C3)cc(-c3nc(C(C)C)cs3)nc2c1. The molecule has 2 saturated heterocycles. The molecule has 2 aliphatic carbocycles. The van der Waals surface area contributed by atoms with Crippen molar-refractivity contribution < 1.29 is 50.2 Å². The van der Waals surface area contributed by atoms with Crippen LogP contribution in [0.3, 0.4) is 0 Å². The maximum Gasteiger partial charge on any atom is 0.391 e. The summed E-state index contributed by atoms with van der Waals surface area (Å²) in [6.07, 6.45) is 1.96. The third-order valence-corrected chi connectivity index (χ3v) is 16.0. The van der Waals surface area contributed by atoms with Crippen LogP contribution in [0.4, 0.5) is 13.2 Å². The predicted octanol–water partition coefficient (Wildman–Crippen LogP) is 6.65. The number of rotatable bonds is 10. The van der Waals surface area contributed by atoms with Gasteiger partial charge in [0.1, 0.15) is 39.9 Å². The third-order valence-electron chi connectivity index (χ3n) is 13.3. The van der Waals surface area contributed by atoms with Crippen LogP contribution in [0.1, 0.15) is 103 Å². The highest BCUT2D eigenvalue weighted by atomic mass is 32.2. The fraction of sp³-hybridized carbons (Fsp3) is 0.600. The van der Waals surface area contributed by atoms with Gasteiger partial charge in [0.15, 0.2) is 0 Å². The normalized spacial score (nSPS) is 26.7. The standard InChI is InChI=1S/C45H55F3N6O8S2/c1-26(2)36-25-63-41(50-36)35-22-38(33-14-11-30(61-3)20-34(33)49-35)62-31-21-37-40(56)51-44(43(58)52-64(59,60)32-12-13-32)23-29(44)10-8-6-4-5-7-9-27(42(57)54(37)24-31)19-39(55)53-17-15-28(16-18-53)45(46,47)48/h8,10-11,14,20,22,25-29,31-32,37H,4-7,9,12-13,15-19,21,23-24H2,1-3H3,(H,51,56)(H,52,58)/b10-8-/t27-,29-,31-,37+,44-/m1/s1. The molecule has 0 spiro atoms. The lowest BCUT2D eigenvalue weighted by Gasteiger charge is -2.34. The molecule has 64 heavy (non-hydrogen) atoms. The van der Waals surface area contributed by atoms with Crippen LogP contribution in [0.2, 0.25) is 0 Å². The smallest absolute Gasteiger partial charge is 0.391 e. The Morgan fingerprint density at radius 1 is 1.05 bits per heavy atom. The van der Waals surface area contributed by atoms with E-state index in [0.29, 0.717) is 71.6 Å². The molecule has 5 heterocycles. The Bertz CT molecular complexity index is 2410. The molecular weight excluding hydrogens is 874 g/mol. The minimum Gasteiger partial charge on any atom is -0.497 e. The number of fused-ring (bicyclic) bond motifs is 3. The summed E-state index contributed by atoms with van der Waals surface area (Å²) in [5, 5.41) is 5.50. The lowest BCUT2D eigenvalue weighted by atomic mass is 9.92. The summed E-state index contributed by atoms with van der Waals surface area (Å²) in [4.78, 5) is 69.8. The summed E-state index contributed by atoms with van der Waals surface area (Å²) >= 11 is 1.44. The zero-order valence-electron chi connectivity index (χ0n) is 36.2. The average Bonchev–Trinajstić information content (AvgIpc) is 4.13. The molecule has 2 saturated carbocycles. The number of hydrogen-bond donors (Lipinski definition) is 2. The summed E-state index contributed by atoms with van der Waals surface area (Å²) in [5.74, 6) is -4.09. The number of nitrogens with one attached hydrogen (secondary N) is 2. The minimum absolute atomic E-state index is 0.00811. The molecular formula is C45H55F3N6O8S2. The molecule has 346 valence electrons. The topological polar surface area (TPSA) is 177 Å². The first-order valence-corrected chi connectivity index (χ1v) is 24.7. The molecule has 3 aromatic rings. The Morgan fingerprint density at radius 3 is 2.50 bits per heavy atom. The number of hydrogen-bond acceptors (Lipinski definition) is 11. The first-order chi connectivity index (χ1) is 30.5. The summed E-state index contributed by atoms with van der Waals surface area (Å²) in [5.41, 5.74) is 0.450. The van der Waals surface area contributed by atoms with E-state index in [2.05, 4.69) is 10.0 Å². The summed E-state index contributed by atoms with van der Waals surface area (Å²) < 4.78 is 80.9. The number of allylic oxidation sites excluding steroid dienone is 1. The zero-order valence-corrected chi connectivity index (χ0v) is 37.8. The molecule has 19 heteroatoms. The van der Waals surface area contributed by atoms with Gasteiger partial charge in [0.25, 0.3) is 5.91 Å². The second kappa shape index (κ2) is 18.2. The number of thiazole rings is 1. The van der Waals surface area contributed by atoms with Gasteiger partial charge in [0.2, 0.25) is 27.7 Å². The van der Waals surface area contributed by atoms with Crippen molar-refractivity contribution in [2.45, 2.75) is 126 Å². The summed E-state index contributed by atoms with van der Waals surface area (Å²) in [6.45, 7) is 3.88. The molecule has 2 N–H and O–H groups in total. The molecule has 2 aromatic heterocycles. The molecule has 5 aliphatic rings. The van der Waals surface area contributed by atoms with Gasteiger partial charge in [-0.1, -0.05) is 38.8 Å². The monoisotopic (exact) mass is 928 g/mol. The maximum absolute atomic E-state index is 14.9. The molecule has 3 aliphatic heterocycles. The van der Waals surface area contributed by atoms with Gasteiger partial charge in [0, 0.05) is 60.7 Å². The van der Waals surface area contributed by atoms with Crippen LogP contribution in [0.15, 0.2) is 41.8 Å². The number of pyridine rings is 1. The Balaban J connectivity index is 1.11. The van der Waals surface area contributed by atoms with Gasteiger partial charge in [0.05, 0.1) is 36.0 Å². The Morgan fingerprint density at radius 2 is 1.81 bits per heavy atom. The number of nitrogens with zero attached hydrogens (tertiary/aromatic N) is 4. The second-order valence-corrected chi connectivity index (χ2v) is 21.0. The van der Waals surface area contributed by atoms with Gasteiger partial charge in [-0.3, -0.25) is 23.9 Å². The summed E-state index contributed by atoms with van der Waals surface area (Å²) in [6, 6.07) is 5.96. The number of amides is 4. The van der Waals surface area contributed by atoms with E-state index < -0.39 is 80.5 Å². The van der Waals surface area contributed by atoms with Gasteiger partial charge in [-0.25, -0.2) is 18.4 Å². The molecule has 4 fully saturated rings. The number of benzene rings is 1. The quantitative estimate of drug-likeness (QED) is 0.210. The predicted molar refractivity (Wildman–Crippen MR) is 233 cm³/mol. The van der Waals surface area contributed by atoms with E-state index in [1.807, 2.05) is 37.4 Å². The van der Waals surface area contributed by atoms with E-state index in [4.69, 9.17) is 19.4 Å². The molecule has 4 amide bonds. The van der Waals surface area contributed by atoms with Crippen LogP contribution in [0.5, 0.6) is 11.5 Å². The second-order valence-electron chi connectivity index (χ2n) is 18.2. The van der Waals surface area contributed by atoms with Gasteiger partial charge in [-0.05, 0) is 69.4 Å². The van der Waals surface area contributed by atoms with Crippen LogP contribution in [0, 0.1) is 17.8 Å². The van der Waals surface area contributed by atoms with Crippen molar-refractivity contribution in [2.75, 3.05) is 26.7 Å². The lowest BCUT2D eigenvalue weighted by molar-refractivity contribution is -0.186. The molecule has 14 nitrogen and oxygen atoms in total. The van der Waals surface area contributed by atoms with Crippen molar-refractivity contribution in [3.05, 3.63) is 47.5 Å². The first kappa shape index (κ1) is 45.8. The maximum atomic E-state index is 14.9. The molecule has 0 radical (unpaired) electrons. The van der Waals surface area contributed by atoms with Crippen LogP contribution >= 0.6 is 11.3 Å². The Kier molecular flexibility index (Phi) is 13.0. The number of piperidine rings is 1. The van der Waals surface area contributed by atoms with Crippen LogP contribution < -0.4 is 19.5 Å². The number of likely N-dealkylation sites (tertiary alicyclic amines) is 1. The molecule has 8 rings (SSSR count). The Hall–Kier alpha value is -4.78.